The molecule has 9 nitrogen and oxygen atoms in total. The summed E-state index contributed by atoms with van der Waals surface area (Å²) < 4.78 is 32.6. The van der Waals surface area contributed by atoms with E-state index in [1.54, 1.807) is 19.1 Å². The highest BCUT2D eigenvalue weighted by molar-refractivity contribution is 7.89. The summed E-state index contributed by atoms with van der Waals surface area (Å²) in [7, 11) is -3.65. The van der Waals surface area contributed by atoms with Crippen molar-refractivity contribution in [1.29, 1.82) is 0 Å². The van der Waals surface area contributed by atoms with Crippen molar-refractivity contribution >= 4 is 27.8 Å². The van der Waals surface area contributed by atoms with Gasteiger partial charge in [-0.3, -0.25) is 14.4 Å². The van der Waals surface area contributed by atoms with E-state index in [-0.39, 0.29) is 54.8 Å². The van der Waals surface area contributed by atoms with Gasteiger partial charge in [-0.1, -0.05) is 17.7 Å². The second kappa shape index (κ2) is 10.0. The number of sulfonamides is 1. The van der Waals surface area contributed by atoms with Crippen LogP contribution in [-0.2, 0) is 29.1 Å². The Morgan fingerprint density at radius 1 is 0.973 bits per heavy atom. The molecule has 1 saturated heterocycles. The van der Waals surface area contributed by atoms with E-state index in [4.69, 9.17) is 4.74 Å². The topological polar surface area (TPSA) is 113 Å². The maximum absolute atomic E-state index is 13.1. The molecule has 4 saturated carbocycles. The van der Waals surface area contributed by atoms with Crippen molar-refractivity contribution in [1.82, 2.24) is 14.5 Å². The van der Waals surface area contributed by atoms with Crippen LogP contribution in [0.25, 0.3) is 0 Å². The molecule has 0 atom stereocenters. The molecule has 5 aliphatic rings. The van der Waals surface area contributed by atoms with Crippen LogP contribution in [0.15, 0.2) is 23.1 Å². The fourth-order valence-corrected chi connectivity index (χ4v) is 9.05. The van der Waals surface area contributed by atoms with E-state index in [0.29, 0.717) is 23.3 Å². The Morgan fingerprint density at radius 3 is 2.14 bits per heavy atom. The Balaban J connectivity index is 1.06. The number of ether oxygens (including phenoxy) is 1. The first-order valence-electron chi connectivity index (χ1n) is 13.3. The Kier molecular flexibility index (Phi) is 7.08. The highest BCUT2D eigenvalue weighted by atomic mass is 32.2. The molecule has 4 aliphatic carbocycles. The molecule has 5 fully saturated rings. The third-order valence-electron chi connectivity index (χ3n) is 8.81. The van der Waals surface area contributed by atoms with E-state index in [0.717, 1.165) is 24.8 Å². The van der Waals surface area contributed by atoms with Crippen LogP contribution in [0, 0.1) is 37.0 Å². The van der Waals surface area contributed by atoms with Gasteiger partial charge < -0.3 is 15.0 Å². The molecular weight excluding hydrogens is 494 g/mol. The van der Waals surface area contributed by atoms with E-state index in [2.05, 4.69) is 5.32 Å². The third-order valence-corrected chi connectivity index (χ3v) is 10.9. The van der Waals surface area contributed by atoms with Gasteiger partial charge in [-0.15, -0.1) is 0 Å². The van der Waals surface area contributed by atoms with Gasteiger partial charge in [-0.2, -0.15) is 4.31 Å². The molecule has 4 bridgehead atoms. The molecule has 6 rings (SSSR count). The number of carbonyl (C=O) groups excluding carboxylic acids is 3. The lowest BCUT2D eigenvalue weighted by Gasteiger charge is -2.55. The number of esters is 1. The number of nitrogens with zero attached hydrogens (tertiary/aromatic N) is 2. The first-order valence-corrected chi connectivity index (χ1v) is 14.8. The summed E-state index contributed by atoms with van der Waals surface area (Å²) in [6.07, 6.45) is 6.48. The molecule has 1 aliphatic heterocycles. The fourth-order valence-electron chi connectivity index (χ4n) is 7.42. The predicted octanol–water partition coefficient (Wildman–Crippen LogP) is 2.01. The number of piperazine rings is 1. The van der Waals surface area contributed by atoms with Gasteiger partial charge in [0.05, 0.1) is 4.90 Å². The molecule has 0 unspecified atom stereocenters. The van der Waals surface area contributed by atoms with Gasteiger partial charge in [-0.05, 0) is 81.8 Å². The van der Waals surface area contributed by atoms with Crippen molar-refractivity contribution in [3.8, 4) is 0 Å². The van der Waals surface area contributed by atoms with Gasteiger partial charge in [0.2, 0.25) is 15.9 Å². The van der Waals surface area contributed by atoms with Crippen LogP contribution < -0.4 is 5.32 Å². The average Bonchev–Trinajstić information content (AvgIpc) is 2.84. The fraction of sp³-hybridized carbons (Fsp3) is 0.667. The van der Waals surface area contributed by atoms with Crippen molar-refractivity contribution < 1.29 is 27.5 Å². The molecule has 0 spiro atoms. The van der Waals surface area contributed by atoms with E-state index >= 15 is 0 Å². The molecular formula is C27H37N3O6S. The number of carbonyl (C=O) groups is 3. The van der Waals surface area contributed by atoms with Crippen LogP contribution >= 0.6 is 0 Å². The summed E-state index contributed by atoms with van der Waals surface area (Å²) in [5, 5.41) is 2.78. The SMILES string of the molecule is Cc1ccc(S(=O)(=O)N2CCN(C(=O)COC(=O)CNC(=O)C34CC5CC(CC(C5)C3)C4)CC2)c(C)c1. The van der Waals surface area contributed by atoms with Crippen molar-refractivity contribution in [2.45, 2.75) is 57.3 Å². The molecule has 37 heavy (non-hydrogen) atoms. The number of rotatable bonds is 7. The van der Waals surface area contributed by atoms with Gasteiger partial charge in [0.25, 0.3) is 5.91 Å². The van der Waals surface area contributed by atoms with Gasteiger partial charge in [0, 0.05) is 31.6 Å². The van der Waals surface area contributed by atoms with E-state index < -0.39 is 22.6 Å². The van der Waals surface area contributed by atoms with Crippen LogP contribution in [0.1, 0.15) is 49.7 Å². The van der Waals surface area contributed by atoms with Crippen molar-refractivity contribution in [2.75, 3.05) is 39.3 Å². The Bertz CT molecular complexity index is 1150. The van der Waals surface area contributed by atoms with E-state index in [1.165, 1.54) is 28.5 Å². The molecule has 2 amide bonds. The summed E-state index contributed by atoms with van der Waals surface area (Å²) in [4.78, 5) is 39.6. The smallest absolute Gasteiger partial charge is 0.325 e. The zero-order valence-electron chi connectivity index (χ0n) is 21.7. The first-order chi connectivity index (χ1) is 17.6. The van der Waals surface area contributed by atoms with Gasteiger partial charge in [0.15, 0.2) is 6.61 Å². The lowest BCUT2D eigenvalue weighted by Crippen LogP contribution is -2.54. The quantitative estimate of drug-likeness (QED) is 0.539. The number of aryl methyl sites for hydroxylation is 2. The van der Waals surface area contributed by atoms with E-state index in [9.17, 15) is 22.8 Å². The predicted molar refractivity (Wildman–Crippen MR) is 136 cm³/mol. The molecule has 1 aromatic carbocycles. The largest absolute Gasteiger partial charge is 0.454 e. The Hall–Kier alpha value is -2.46. The number of hydrogen-bond donors (Lipinski definition) is 1. The number of benzene rings is 1. The molecule has 1 N–H and O–H groups in total. The van der Waals surface area contributed by atoms with Crippen LogP contribution in [0.4, 0.5) is 0 Å². The number of nitrogens with one attached hydrogen (secondary N) is 1. The zero-order valence-corrected chi connectivity index (χ0v) is 22.5. The lowest BCUT2D eigenvalue weighted by atomic mass is 9.49. The van der Waals surface area contributed by atoms with Gasteiger partial charge in [0.1, 0.15) is 6.54 Å². The minimum absolute atomic E-state index is 0.0454. The molecule has 202 valence electrons. The zero-order chi connectivity index (χ0) is 26.4. The maximum Gasteiger partial charge on any atom is 0.325 e. The highest BCUT2D eigenvalue weighted by Crippen LogP contribution is 2.60. The normalized spacial score (nSPS) is 29.2. The summed E-state index contributed by atoms with van der Waals surface area (Å²) in [5.41, 5.74) is 1.36. The van der Waals surface area contributed by atoms with Crippen molar-refractivity contribution in [2.24, 2.45) is 23.2 Å². The molecule has 10 heteroatoms. The minimum atomic E-state index is -3.65. The van der Waals surface area contributed by atoms with Crippen molar-refractivity contribution in [3.63, 3.8) is 0 Å². The minimum Gasteiger partial charge on any atom is -0.454 e. The number of hydrogen-bond acceptors (Lipinski definition) is 6. The van der Waals surface area contributed by atoms with Crippen LogP contribution in [0.5, 0.6) is 0 Å². The number of amides is 2. The van der Waals surface area contributed by atoms with Crippen LogP contribution in [-0.4, -0.2) is 74.7 Å². The van der Waals surface area contributed by atoms with Gasteiger partial charge >= 0.3 is 5.97 Å². The third kappa shape index (κ3) is 5.27. The summed E-state index contributed by atoms with van der Waals surface area (Å²) in [6.45, 7) is 3.84. The highest BCUT2D eigenvalue weighted by Gasteiger charge is 2.54. The molecule has 1 aromatic rings. The first kappa shape index (κ1) is 26.2. The van der Waals surface area contributed by atoms with E-state index in [1.807, 2.05) is 13.0 Å². The second-order valence-corrected chi connectivity index (χ2v) is 13.5. The summed E-state index contributed by atoms with van der Waals surface area (Å²) >= 11 is 0. The maximum atomic E-state index is 13.1. The van der Waals surface area contributed by atoms with Crippen LogP contribution in [0.2, 0.25) is 0 Å². The monoisotopic (exact) mass is 531 g/mol. The second-order valence-electron chi connectivity index (χ2n) is 11.6. The molecule has 0 aromatic heterocycles. The van der Waals surface area contributed by atoms with Crippen LogP contribution in [0.3, 0.4) is 0 Å². The molecule has 0 radical (unpaired) electrons. The summed E-state index contributed by atoms with van der Waals surface area (Å²) in [5.74, 6) is 0.858. The summed E-state index contributed by atoms with van der Waals surface area (Å²) in [6, 6.07) is 5.24. The van der Waals surface area contributed by atoms with Crippen molar-refractivity contribution in [3.05, 3.63) is 29.3 Å². The Morgan fingerprint density at radius 2 is 1.57 bits per heavy atom. The lowest BCUT2D eigenvalue weighted by molar-refractivity contribution is -0.154. The van der Waals surface area contributed by atoms with Gasteiger partial charge in [-0.25, -0.2) is 8.42 Å². The Labute approximate surface area is 219 Å². The average molecular weight is 532 g/mol. The standard InChI is InChI=1S/C27H37N3O6S/c1-18-3-4-23(19(2)9-18)37(34,35)30-7-5-29(6-8-30)24(31)17-36-25(32)16-28-26(33)27-13-20-10-21(14-27)12-22(11-20)15-27/h3-4,9,20-22H,5-8,10-17H2,1-2H3,(H,28,33). The molecule has 1 heterocycles.